The van der Waals surface area contributed by atoms with E-state index in [0.717, 1.165) is 22.3 Å². The van der Waals surface area contributed by atoms with Gasteiger partial charge in [-0.15, -0.1) is 11.8 Å². The minimum atomic E-state index is -0.0946. The number of hydrogen-bond donors (Lipinski definition) is 1. The Morgan fingerprint density at radius 3 is 2.60 bits per heavy atom. The molecular formula is C21H22N2OS. The van der Waals surface area contributed by atoms with Gasteiger partial charge in [0.05, 0.1) is 11.2 Å². The number of rotatable bonds is 6. The lowest BCUT2D eigenvalue weighted by Crippen LogP contribution is -2.24. The molecule has 0 aliphatic carbocycles. The largest absolute Gasteiger partial charge is 0.324 e. The SMILES string of the molecule is CC(C)(CSc1ccccc1)CC(=O)Nc1cccc2cccnc12. The van der Waals surface area contributed by atoms with E-state index < -0.39 is 0 Å². The van der Waals surface area contributed by atoms with Gasteiger partial charge in [-0.1, -0.05) is 50.2 Å². The molecule has 0 unspecified atom stereocenters. The average Bonchev–Trinajstić information content (AvgIpc) is 2.61. The summed E-state index contributed by atoms with van der Waals surface area (Å²) in [6.45, 7) is 4.26. The molecule has 0 atom stereocenters. The van der Waals surface area contributed by atoms with Crippen LogP contribution < -0.4 is 5.32 Å². The van der Waals surface area contributed by atoms with Crippen molar-refractivity contribution in [1.82, 2.24) is 4.98 Å². The summed E-state index contributed by atoms with van der Waals surface area (Å²) in [4.78, 5) is 18.2. The Morgan fingerprint density at radius 1 is 1.04 bits per heavy atom. The number of pyridine rings is 1. The van der Waals surface area contributed by atoms with Crippen molar-refractivity contribution < 1.29 is 4.79 Å². The molecule has 2 aromatic carbocycles. The molecule has 0 aliphatic rings. The van der Waals surface area contributed by atoms with Gasteiger partial charge in [0.1, 0.15) is 0 Å². The number of para-hydroxylation sites is 1. The molecule has 3 nitrogen and oxygen atoms in total. The van der Waals surface area contributed by atoms with Crippen LogP contribution in [-0.4, -0.2) is 16.6 Å². The first kappa shape index (κ1) is 17.5. The van der Waals surface area contributed by atoms with Crippen LogP contribution in [0.15, 0.2) is 71.8 Å². The Labute approximate surface area is 152 Å². The Balaban J connectivity index is 1.63. The molecule has 3 aromatic rings. The van der Waals surface area contributed by atoms with E-state index in [2.05, 4.69) is 36.3 Å². The van der Waals surface area contributed by atoms with E-state index in [1.807, 2.05) is 48.5 Å². The zero-order valence-electron chi connectivity index (χ0n) is 14.5. The molecule has 3 rings (SSSR count). The summed E-state index contributed by atoms with van der Waals surface area (Å²) in [6, 6.07) is 20.0. The van der Waals surface area contributed by atoms with Crippen molar-refractivity contribution in [2.24, 2.45) is 5.41 Å². The van der Waals surface area contributed by atoms with E-state index in [0.29, 0.717) is 6.42 Å². The number of fused-ring (bicyclic) bond motifs is 1. The quantitative estimate of drug-likeness (QED) is 0.607. The Bertz CT molecular complexity index is 857. The van der Waals surface area contributed by atoms with Crippen molar-refractivity contribution in [2.75, 3.05) is 11.1 Å². The first-order chi connectivity index (χ1) is 12.0. The van der Waals surface area contributed by atoms with Gasteiger partial charge in [-0.3, -0.25) is 9.78 Å². The topological polar surface area (TPSA) is 42.0 Å². The highest BCUT2D eigenvalue weighted by Gasteiger charge is 2.23. The number of amides is 1. The summed E-state index contributed by atoms with van der Waals surface area (Å²) in [5.41, 5.74) is 1.51. The Kier molecular flexibility index (Phi) is 5.39. The van der Waals surface area contributed by atoms with Crippen LogP contribution in [0.25, 0.3) is 10.9 Å². The molecule has 0 saturated carbocycles. The molecule has 0 bridgehead atoms. The van der Waals surface area contributed by atoms with Crippen LogP contribution in [0.5, 0.6) is 0 Å². The molecule has 0 spiro atoms. The molecule has 4 heteroatoms. The normalized spacial score (nSPS) is 11.4. The highest BCUT2D eigenvalue weighted by molar-refractivity contribution is 7.99. The third-order valence-corrected chi connectivity index (χ3v) is 5.45. The van der Waals surface area contributed by atoms with Gasteiger partial charge in [-0.05, 0) is 29.7 Å². The second kappa shape index (κ2) is 7.70. The first-order valence-corrected chi connectivity index (χ1v) is 9.34. The zero-order chi connectivity index (χ0) is 17.7. The summed E-state index contributed by atoms with van der Waals surface area (Å²) in [5, 5.41) is 4.06. The average molecular weight is 350 g/mol. The van der Waals surface area contributed by atoms with Crippen LogP contribution in [0.1, 0.15) is 20.3 Å². The van der Waals surface area contributed by atoms with E-state index in [4.69, 9.17) is 0 Å². The predicted octanol–water partition coefficient (Wildman–Crippen LogP) is 5.38. The highest BCUT2D eigenvalue weighted by atomic mass is 32.2. The van der Waals surface area contributed by atoms with Crippen LogP contribution in [0, 0.1) is 5.41 Å². The standard InChI is InChI=1S/C21H22N2OS/c1-21(2,15-25-17-10-4-3-5-11-17)14-19(24)23-18-12-6-8-16-9-7-13-22-20(16)18/h3-13H,14-15H2,1-2H3,(H,23,24). The minimum absolute atomic E-state index is 0.0248. The highest BCUT2D eigenvalue weighted by Crippen LogP contribution is 2.31. The van der Waals surface area contributed by atoms with Crippen molar-refractivity contribution in [1.29, 1.82) is 0 Å². The second-order valence-corrected chi connectivity index (χ2v) is 7.92. The van der Waals surface area contributed by atoms with Crippen molar-refractivity contribution in [3.63, 3.8) is 0 Å². The molecule has 1 aromatic heterocycles. The number of nitrogens with zero attached hydrogens (tertiary/aromatic N) is 1. The summed E-state index contributed by atoms with van der Waals surface area (Å²) in [7, 11) is 0. The number of nitrogens with one attached hydrogen (secondary N) is 1. The lowest BCUT2D eigenvalue weighted by atomic mass is 9.91. The molecule has 1 N–H and O–H groups in total. The minimum Gasteiger partial charge on any atom is -0.324 e. The Morgan fingerprint density at radius 2 is 1.80 bits per heavy atom. The first-order valence-electron chi connectivity index (χ1n) is 8.35. The number of aromatic nitrogens is 1. The van der Waals surface area contributed by atoms with E-state index in [1.165, 1.54) is 4.90 Å². The second-order valence-electron chi connectivity index (χ2n) is 6.87. The van der Waals surface area contributed by atoms with E-state index in [-0.39, 0.29) is 11.3 Å². The lowest BCUT2D eigenvalue weighted by molar-refractivity contribution is -0.117. The van der Waals surface area contributed by atoms with Crippen LogP contribution in [0.4, 0.5) is 5.69 Å². The van der Waals surface area contributed by atoms with Crippen LogP contribution in [0.3, 0.4) is 0 Å². The van der Waals surface area contributed by atoms with E-state index in [1.54, 1.807) is 18.0 Å². The van der Waals surface area contributed by atoms with E-state index >= 15 is 0 Å². The molecular weight excluding hydrogens is 328 g/mol. The molecule has 1 heterocycles. The summed E-state index contributed by atoms with van der Waals surface area (Å²) in [6.07, 6.45) is 2.22. The van der Waals surface area contributed by atoms with Crippen molar-refractivity contribution in [3.8, 4) is 0 Å². The maximum Gasteiger partial charge on any atom is 0.224 e. The van der Waals surface area contributed by atoms with Crippen LogP contribution >= 0.6 is 11.8 Å². The maximum atomic E-state index is 12.5. The number of hydrogen-bond acceptors (Lipinski definition) is 3. The summed E-state index contributed by atoms with van der Waals surface area (Å²) in [5.74, 6) is 0.912. The van der Waals surface area contributed by atoms with Gasteiger partial charge >= 0.3 is 0 Å². The lowest BCUT2D eigenvalue weighted by Gasteiger charge is -2.23. The molecule has 25 heavy (non-hydrogen) atoms. The predicted molar refractivity (Wildman–Crippen MR) is 106 cm³/mol. The van der Waals surface area contributed by atoms with Crippen molar-refractivity contribution >= 4 is 34.3 Å². The Hall–Kier alpha value is -2.33. The van der Waals surface area contributed by atoms with Gasteiger partial charge in [0.2, 0.25) is 5.91 Å². The fourth-order valence-corrected chi connectivity index (χ4v) is 3.69. The molecule has 0 radical (unpaired) electrons. The molecule has 0 saturated heterocycles. The third-order valence-electron chi connectivity index (χ3n) is 3.92. The maximum absolute atomic E-state index is 12.5. The number of carbonyl (C=O) groups excluding carboxylic acids is 1. The number of carbonyl (C=O) groups is 1. The monoisotopic (exact) mass is 350 g/mol. The van der Waals surface area contributed by atoms with Gasteiger partial charge in [-0.2, -0.15) is 0 Å². The summed E-state index contributed by atoms with van der Waals surface area (Å²) < 4.78 is 0. The third kappa shape index (κ3) is 4.83. The molecule has 0 aliphatic heterocycles. The smallest absolute Gasteiger partial charge is 0.224 e. The number of benzene rings is 2. The van der Waals surface area contributed by atoms with Crippen molar-refractivity contribution in [3.05, 3.63) is 66.9 Å². The van der Waals surface area contributed by atoms with Gasteiger partial charge in [0.15, 0.2) is 0 Å². The van der Waals surface area contributed by atoms with Crippen molar-refractivity contribution in [2.45, 2.75) is 25.2 Å². The van der Waals surface area contributed by atoms with Crippen LogP contribution in [-0.2, 0) is 4.79 Å². The molecule has 0 fully saturated rings. The van der Waals surface area contributed by atoms with Gasteiger partial charge in [-0.25, -0.2) is 0 Å². The summed E-state index contributed by atoms with van der Waals surface area (Å²) >= 11 is 1.79. The van der Waals surface area contributed by atoms with Crippen LogP contribution in [0.2, 0.25) is 0 Å². The molecule has 1 amide bonds. The van der Waals surface area contributed by atoms with Gasteiger partial charge in [0.25, 0.3) is 0 Å². The number of anilines is 1. The zero-order valence-corrected chi connectivity index (χ0v) is 15.3. The van der Waals surface area contributed by atoms with Gasteiger partial charge < -0.3 is 5.32 Å². The number of thioether (sulfide) groups is 1. The van der Waals surface area contributed by atoms with E-state index in [9.17, 15) is 4.79 Å². The van der Waals surface area contributed by atoms with Gasteiger partial charge in [0, 0.05) is 28.7 Å². The fraction of sp³-hybridized carbons (Fsp3) is 0.238. The molecule has 128 valence electrons. The fourth-order valence-electron chi connectivity index (χ4n) is 2.68.